The lowest BCUT2D eigenvalue weighted by atomic mass is 9.94. The predicted octanol–water partition coefficient (Wildman–Crippen LogP) is 7.56. The van der Waals surface area contributed by atoms with E-state index in [-0.39, 0.29) is 6.04 Å². The lowest BCUT2D eigenvalue weighted by molar-refractivity contribution is 0.719. The third kappa shape index (κ3) is 3.83. The van der Waals surface area contributed by atoms with Crippen molar-refractivity contribution in [2.24, 2.45) is 0 Å². The molecule has 5 rings (SSSR count). The van der Waals surface area contributed by atoms with Crippen LogP contribution >= 0.6 is 11.6 Å². The molecule has 4 aromatic rings. The molecule has 4 aromatic carbocycles. The Morgan fingerprint density at radius 1 is 0.742 bits per heavy atom. The van der Waals surface area contributed by atoms with Gasteiger partial charge in [-0.2, -0.15) is 0 Å². The van der Waals surface area contributed by atoms with Crippen LogP contribution in [0.25, 0.3) is 22.3 Å². The van der Waals surface area contributed by atoms with Crippen LogP contribution in [-0.2, 0) is 0 Å². The molecule has 3 heteroatoms. The standard InChI is InChI=1S/C28H23ClN2/c1-20-19-23(21-7-3-2-4-8-21)13-16-25(20)26-9-5-6-10-28(26)31-27(17-18-30-31)22-11-14-24(29)15-12-22/h2-19,27,30H,1H3. The van der Waals surface area contributed by atoms with E-state index in [1.54, 1.807) is 0 Å². The van der Waals surface area contributed by atoms with Gasteiger partial charge in [0, 0.05) is 16.8 Å². The van der Waals surface area contributed by atoms with Gasteiger partial charge in [0.05, 0.1) is 11.7 Å². The zero-order valence-electron chi connectivity index (χ0n) is 17.3. The normalized spacial score (nSPS) is 15.2. The van der Waals surface area contributed by atoms with Crippen LogP contribution in [0.5, 0.6) is 0 Å². The number of hydrogen-bond acceptors (Lipinski definition) is 2. The quantitative estimate of drug-likeness (QED) is 0.365. The maximum absolute atomic E-state index is 6.10. The van der Waals surface area contributed by atoms with Crippen LogP contribution in [0.15, 0.2) is 109 Å². The Morgan fingerprint density at radius 2 is 1.48 bits per heavy atom. The number of benzene rings is 4. The summed E-state index contributed by atoms with van der Waals surface area (Å²) < 4.78 is 0. The minimum Gasteiger partial charge on any atom is -0.305 e. The number of aryl methyl sites for hydroxylation is 1. The van der Waals surface area contributed by atoms with Crippen molar-refractivity contribution in [3.63, 3.8) is 0 Å². The van der Waals surface area contributed by atoms with Crippen LogP contribution in [0.4, 0.5) is 5.69 Å². The molecule has 1 atom stereocenters. The summed E-state index contributed by atoms with van der Waals surface area (Å²) in [5.41, 5.74) is 11.9. The molecule has 0 saturated heterocycles. The van der Waals surface area contributed by atoms with E-state index in [0.29, 0.717) is 0 Å². The molecule has 1 aliphatic rings. The van der Waals surface area contributed by atoms with Crippen LogP contribution < -0.4 is 10.4 Å². The summed E-state index contributed by atoms with van der Waals surface area (Å²) in [6.45, 7) is 2.19. The molecular weight excluding hydrogens is 400 g/mol. The molecule has 1 N–H and O–H groups in total. The highest BCUT2D eigenvalue weighted by Crippen LogP contribution is 2.39. The number of para-hydroxylation sites is 1. The zero-order chi connectivity index (χ0) is 21.2. The van der Waals surface area contributed by atoms with Crippen molar-refractivity contribution in [1.82, 2.24) is 5.43 Å². The average Bonchev–Trinajstić information content (AvgIpc) is 3.30. The molecule has 0 amide bonds. The van der Waals surface area contributed by atoms with Crippen molar-refractivity contribution in [1.29, 1.82) is 0 Å². The van der Waals surface area contributed by atoms with E-state index in [4.69, 9.17) is 11.6 Å². The highest BCUT2D eigenvalue weighted by atomic mass is 35.5. The van der Waals surface area contributed by atoms with Crippen LogP contribution in [0.3, 0.4) is 0 Å². The van der Waals surface area contributed by atoms with Crippen molar-refractivity contribution in [3.05, 3.63) is 125 Å². The minimum absolute atomic E-state index is 0.0994. The second kappa shape index (κ2) is 8.33. The van der Waals surface area contributed by atoms with Gasteiger partial charge < -0.3 is 5.43 Å². The van der Waals surface area contributed by atoms with Gasteiger partial charge in [0.2, 0.25) is 0 Å². The van der Waals surface area contributed by atoms with E-state index < -0.39 is 0 Å². The Morgan fingerprint density at radius 3 is 2.26 bits per heavy atom. The first-order chi connectivity index (χ1) is 15.2. The van der Waals surface area contributed by atoms with Crippen molar-refractivity contribution >= 4 is 17.3 Å². The van der Waals surface area contributed by atoms with Crippen molar-refractivity contribution in [3.8, 4) is 22.3 Å². The smallest absolute Gasteiger partial charge is 0.0952 e. The van der Waals surface area contributed by atoms with Gasteiger partial charge in [-0.05, 0) is 59.0 Å². The molecule has 1 heterocycles. The highest BCUT2D eigenvalue weighted by Gasteiger charge is 2.24. The summed E-state index contributed by atoms with van der Waals surface area (Å²) in [5, 5.41) is 2.96. The average molecular weight is 423 g/mol. The first-order valence-corrected chi connectivity index (χ1v) is 10.8. The summed E-state index contributed by atoms with van der Waals surface area (Å²) in [7, 11) is 0. The lowest BCUT2D eigenvalue weighted by Crippen LogP contribution is -2.32. The van der Waals surface area contributed by atoms with Gasteiger partial charge in [0.15, 0.2) is 0 Å². The van der Waals surface area contributed by atoms with Crippen molar-refractivity contribution in [2.45, 2.75) is 13.0 Å². The van der Waals surface area contributed by atoms with Crippen LogP contribution in [0.1, 0.15) is 17.2 Å². The molecule has 31 heavy (non-hydrogen) atoms. The Balaban J connectivity index is 1.53. The number of rotatable bonds is 4. The van der Waals surface area contributed by atoms with E-state index in [1.165, 1.54) is 33.4 Å². The molecule has 0 spiro atoms. The molecule has 0 aliphatic carbocycles. The van der Waals surface area contributed by atoms with E-state index in [1.807, 2.05) is 18.3 Å². The van der Waals surface area contributed by atoms with E-state index in [2.05, 4.69) is 108 Å². The SMILES string of the molecule is Cc1cc(-c2ccccc2)ccc1-c1ccccc1N1NC=CC1c1ccc(Cl)cc1. The predicted molar refractivity (Wildman–Crippen MR) is 131 cm³/mol. The molecule has 0 bridgehead atoms. The van der Waals surface area contributed by atoms with Gasteiger partial charge in [-0.1, -0.05) is 90.5 Å². The summed E-state index contributed by atoms with van der Waals surface area (Å²) in [6.07, 6.45) is 4.17. The fourth-order valence-electron chi connectivity index (χ4n) is 4.21. The molecule has 2 nitrogen and oxygen atoms in total. The number of hydrogen-bond donors (Lipinski definition) is 1. The lowest BCUT2D eigenvalue weighted by Gasteiger charge is -2.29. The Hall–Kier alpha value is -3.49. The molecule has 1 aliphatic heterocycles. The Kier molecular flexibility index (Phi) is 5.23. The number of anilines is 1. The number of nitrogens with one attached hydrogen (secondary N) is 1. The summed E-state index contributed by atoms with van der Waals surface area (Å²) in [4.78, 5) is 0. The zero-order valence-corrected chi connectivity index (χ0v) is 18.1. The highest BCUT2D eigenvalue weighted by molar-refractivity contribution is 6.30. The second-order valence-corrected chi connectivity index (χ2v) is 8.20. The van der Waals surface area contributed by atoms with E-state index in [9.17, 15) is 0 Å². The van der Waals surface area contributed by atoms with Gasteiger partial charge in [0.1, 0.15) is 0 Å². The molecule has 0 radical (unpaired) electrons. The topological polar surface area (TPSA) is 15.3 Å². The third-order valence-electron chi connectivity index (χ3n) is 5.77. The van der Waals surface area contributed by atoms with E-state index >= 15 is 0 Å². The molecule has 152 valence electrons. The third-order valence-corrected chi connectivity index (χ3v) is 6.02. The number of nitrogens with zero attached hydrogens (tertiary/aromatic N) is 1. The van der Waals surface area contributed by atoms with Crippen LogP contribution in [0, 0.1) is 6.92 Å². The fraction of sp³-hybridized carbons (Fsp3) is 0.0714. The van der Waals surface area contributed by atoms with Gasteiger partial charge in [0.25, 0.3) is 0 Å². The van der Waals surface area contributed by atoms with E-state index in [0.717, 1.165) is 10.7 Å². The molecular formula is C28H23ClN2. The Labute approximate surface area is 188 Å². The van der Waals surface area contributed by atoms with Crippen LogP contribution in [-0.4, -0.2) is 0 Å². The monoisotopic (exact) mass is 422 g/mol. The minimum atomic E-state index is 0.0994. The first kappa shape index (κ1) is 19.5. The van der Waals surface area contributed by atoms with Gasteiger partial charge in [-0.15, -0.1) is 0 Å². The number of halogens is 1. The van der Waals surface area contributed by atoms with Crippen molar-refractivity contribution < 1.29 is 0 Å². The first-order valence-electron chi connectivity index (χ1n) is 10.4. The molecule has 0 saturated carbocycles. The maximum atomic E-state index is 6.10. The summed E-state index contributed by atoms with van der Waals surface area (Å²) >= 11 is 6.10. The van der Waals surface area contributed by atoms with Gasteiger partial charge in [-0.25, -0.2) is 0 Å². The van der Waals surface area contributed by atoms with Crippen LogP contribution in [0.2, 0.25) is 5.02 Å². The van der Waals surface area contributed by atoms with Crippen molar-refractivity contribution in [2.75, 3.05) is 5.01 Å². The van der Waals surface area contributed by atoms with Gasteiger partial charge in [-0.3, -0.25) is 5.01 Å². The summed E-state index contributed by atoms with van der Waals surface area (Å²) in [5.74, 6) is 0. The van der Waals surface area contributed by atoms with Gasteiger partial charge >= 0.3 is 0 Å². The molecule has 0 fully saturated rings. The maximum Gasteiger partial charge on any atom is 0.0952 e. The number of hydrazine groups is 1. The fourth-order valence-corrected chi connectivity index (χ4v) is 4.33. The second-order valence-electron chi connectivity index (χ2n) is 7.77. The molecule has 1 unspecified atom stereocenters. The summed E-state index contributed by atoms with van der Waals surface area (Å²) in [6, 6.07) is 33.9. The largest absolute Gasteiger partial charge is 0.305 e. The Bertz CT molecular complexity index is 1230. The molecule has 0 aromatic heterocycles.